The maximum Gasteiger partial charge on any atom is 1.00 e. The number of carbonyl (C=O) groups is 1. The van der Waals surface area contributed by atoms with Crippen molar-refractivity contribution in [2.75, 3.05) is 5.73 Å². The molecule has 0 radical (unpaired) electrons. The number of azo groups is 2. The molecule has 0 aliphatic heterocycles. The molecule has 0 aliphatic carbocycles. The fraction of sp³-hybridized carbons (Fsp3) is 0. The van der Waals surface area contributed by atoms with E-state index in [-0.39, 0.29) is 103 Å². The summed E-state index contributed by atoms with van der Waals surface area (Å²) in [7, 11) is -10.2. The summed E-state index contributed by atoms with van der Waals surface area (Å²) in [6.45, 7) is 0. The molecule has 0 saturated heterocycles. The van der Waals surface area contributed by atoms with Crippen LogP contribution in [0.5, 0.6) is 11.5 Å². The first-order valence-electron chi connectivity index (χ1n) is 11.9. The van der Waals surface area contributed by atoms with Gasteiger partial charge in [-0.25, -0.2) is 18.2 Å². The SMILES string of the molecule is Nc1ccc2c([O-])c(N=Nc3ccc4c(O)c(N=Nc5ccc(C(=O)O)nc5)c(S(=O)(=O)O)cc4c3)c(S(=O)(=O)[O-])cc2c1.[Na+].[Na+]. The Bertz CT molecular complexity index is 2300. The van der Waals surface area contributed by atoms with Crippen molar-refractivity contribution in [1.82, 2.24) is 4.98 Å². The number of carboxylic acids is 1. The van der Waals surface area contributed by atoms with Crippen LogP contribution < -0.4 is 70.0 Å². The molecule has 5 aromatic rings. The number of hydrogen-bond acceptors (Lipinski definition) is 14. The topological polar surface area (TPSA) is 281 Å². The van der Waals surface area contributed by atoms with E-state index in [1.807, 2.05) is 0 Å². The van der Waals surface area contributed by atoms with Crippen LogP contribution in [0.15, 0.2) is 97.1 Å². The number of nitrogens with zero attached hydrogens (tertiary/aromatic N) is 5. The molecule has 5 N–H and O–H groups in total. The van der Waals surface area contributed by atoms with Crippen molar-refractivity contribution in [2.24, 2.45) is 20.5 Å². The van der Waals surface area contributed by atoms with Crippen molar-refractivity contribution in [2.45, 2.75) is 9.79 Å². The third-order valence-electron chi connectivity index (χ3n) is 6.14. The summed E-state index contributed by atoms with van der Waals surface area (Å²) in [5.74, 6) is -2.91. The van der Waals surface area contributed by atoms with Gasteiger partial charge in [0.05, 0.1) is 22.5 Å². The fourth-order valence-corrected chi connectivity index (χ4v) is 5.42. The van der Waals surface area contributed by atoms with Gasteiger partial charge in [-0.2, -0.15) is 13.5 Å². The van der Waals surface area contributed by atoms with Crippen molar-refractivity contribution < 1.29 is 105 Å². The maximum absolute atomic E-state index is 13.0. The molecule has 224 valence electrons. The van der Waals surface area contributed by atoms with E-state index in [1.165, 1.54) is 42.5 Å². The zero-order chi connectivity index (χ0) is 32.0. The second kappa shape index (κ2) is 14.1. The smallest absolute Gasteiger partial charge is 0.871 e. The van der Waals surface area contributed by atoms with Gasteiger partial charge < -0.3 is 25.6 Å². The van der Waals surface area contributed by atoms with Crippen molar-refractivity contribution in [3.63, 3.8) is 0 Å². The first kappa shape index (κ1) is 36.9. The minimum absolute atomic E-state index is 0. The molecule has 0 aliphatic rings. The van der Waals surface area contributed by atoms with E-state index in [1.54, 1.807) is 0 Å². The van der Waals surface area contributed by atoms with E-state index in [0.29, 0.717) is 0 Å². The van der Waals surface area contributed by atoms with Crippen LogP contribution in [-0.4, -0.2) is 47.1 Å². The third kappa shape index (κ3) is 7.69. The maximum atomic E-state index is 13.0. The van der Waals surface area contributed by atoms with E-state index in [2.05, 4.69) is 25.4 Å². The van der Waals surface area contributed by atoms with E-state index in [9.17, 15) is 40.9 Å². The standard InChI is InChI=1S/C26H18N6O10S2.2Na/c27-14-1-4-17-12(7-14)9-20(43(37,38)39)22(24(17)33)31-29-15-2-5-18-13(8-15)10-21(44(40,41)42)23(25(18)34)32-30-16-3-6-19(26(35)36)28-11-16;;/h1-11,33-34H,27H2,(H,35,36)(H,37,38,39)(H,40,41,42);;/q;2*+1/p-2. The van der Waals surface area contributed by atoms with Crippen LogP contribution in [0.2, 0.25) is 0 Å². The number of nitrogen functional groups attached to an aromatic ring is 1. The molecule has 0 amide bonds. The molecule has 46 heavy (non-hydrogen) atoms. The number of anilines is 1. The number of benzene rings is 4. The average Bonchev–Trinajstić information content (AvgIpc) is 2.95. The molecule has 1 aromatic heterocycles. The Labute approximate surface area is 303 Å². The Morgan fingerprint density at radius 1 is 0.783 bits per heavy atom. The minimum atomic E-state index is -5.18. The van der Waals surface area contributed by atoms with Crippen molar-refractivity contribution >= 4 is 76.2 Å². The molecular formula is C26H16N6Na2O10S2. The van der Waals surface area contributed by atoms with Gasteiger partial charge in [0.2, 0.25) is 0 Å². The van der Waals surface area contributed by atoms with Gasteiger partial charge in [0, 0.05) is 11.1 Å². The Morgan fingerprint density at radius 3 is 1.98 bits per heavy atom. The number of fused-ring (bicyclic) bond motifs is 2. The summed E-state index contributed by atoms with van der Waals surface area (Å²) in [6, 6.07) is 12.0. The molecule has 0 fully saturated rings. The zero-order valence-electron chi connectivity index (χ0n) is 23.7. The molecule has 0 atom stereocenters. The first-order chi connectivity index (χ1) is 20.6. The van der Waals surface area contributed by atoms with Gasteiger partial charge in [-0.1, -0.05) is 11.8 Å². The van der Waals surface area contributed by atoms with Crippen molar-refractivity contribution in [1.29, 1.82) is 0 Å². The van der Waals surface area contributed by atoms with Crippen LogP contribution in [0, 0.1) is 0 Å². The molecule has 5 rings (SSSR count). The fourth-order valence-electron chi connectivity index (χ4n) is 4.12. The van der Waals surface area contributed by atoms with Gasteiger partial charge in [-0.15, -0.1) is 15.3 Å². The number of pyridine rings is 1. The molecule has 4 aromatic carbocycles. The van der Waals surface area contributed by atoms with Crippen LogP contribution in [-0.2, 0) is 20.2 Å². The Kier molecular flexibility index (Phi) is 11.3. The minimum Gasteiger partial charge on any atom is -0.871 e. The summed E-state index contributed by atoms with van der Waals surface area (Å²) in [5.41, 5.74) is 4.16. The Hall–Kier alpha value is -3.56. The summed E-state index contributed by atoms with van der Waals surface area (Å²) in [6.07, 6.45) is 1.04. The van der Waals surface area contributed by atoms with E-state index in [0.717, 1.165) is 24.4 Å². The van der Waals surface area contributed by atoms with Crippen LogP contribution in [0.3, 0.4) is 0 Å². The van der Waals surface area contributed by atoms with E-state index >= 15 is 0 Å². The van der Waals surface area contributed by atoms with Gasteiger partial charge in [0.25, 0.3) is 10.1 Å². The number of carboxylic acid groups (broad SMARTS) is 1. The normalized spacial score (nSPS) is 12.0. The van der Waals surface area contributed by atoms with E-state index < -0.39 is 58.9 Å². The summed E-state index contributed by atoms with van der Waals surface area (Å²) in [5, 5.41) is 48.0. The number of aromatic hydroxyl groups is 1. The predicted molar refractivity (Wildman–Crippen MR) is 151 cm³/mol. The van der Waals surface area contributed by atoms with Gasteiger partial charge in [0.15, 0.2) is 5.75 Å². The summed E-state index contributed by atoms with van der Waals surface area (Å²) in [4.78, 5) is 12.8. The van der Waals surface area contributed by atoms with Crippen molar-refractivity contribution in [3.05, 3.63) is 72.6 Å². The van der Waals surface area contributed by atoms with E-state index in [4.69, 9.17) is 10.8 Å². The molecule has 0 spiro atoms. The summed E-state index contributed by atoms with van der Waals surface area (Å²) < 4.78 is 69.9. The zero-order valence-corrected chi connectivity index (χ0v) is 29.3. The molecular weight excluding hydrogens is 666 g/mol. The molecule has 20 heteroatoms. The van der Waals surface area contributed by atoms with Crippen molar-refractivity contribution in [3.8, 4) is 11.5 Å². The Balaban J connectivity index is 0.00000288. The molecule has 0 unspecified atom stereocenters. The average molecular weight is 683 g/mol. The summed E-state index contributed by atoms with van der Waals surface area (Å²) >= 11 is 0. The van der Waals surface area contributed by atoms with Crippen LogP contribution in [0.25, 0.3) is 21.5 Å². The second-order valence-corrected chi connectivity index (χ2v) is 11.8. The van der Waals surface area contributed by atoms with Gasteiger partial charge in [-0.3, -0.25) is 4.55 Å². The predicted octanol–water partition coefficient (Wildman–Crippen LogP) is -1.56. The number of aromatic carboxylic acids is 1. The number of hydrogen-bond donors (Lipinski definition) is 4. The third-order valence-corrected chi connectivity index (χ3v) is 7.85. The van der Waals surface area contributed by atoms with Gasteiger partial charge in [-0.05, 0) is 70.8 Å². The number of rotatable bonds is 7. The van der Waals surface area contributed by atoms with Gasteiger partial charge in [0.1, 0.15) is 32.1 Å². The number of phenols is 1. The quantitative estimate of drug-likeness (QED) is 0.0656. The van der Waals surface area contributed by atoms with Gasteiger partial charge >= 0.3 is 65.1 Å². The second-order valence-electron chi connectivity index (χ2n) is 9.05. The number of nitrogens with two attached hydrogens (primary N) is 1. The van der Waals surface area contributed by atoms with Crippen LogP contribution in [0.1, 0.15) is 10.5 Å². The molecule has 16 nitrogen and oxygen atoms in total. The number of phenolic OH excluding ortho intramolecular Hbond substituents is 1. The van der Waals surface area contributed by atoms with Crippen LogP contribution >= 0.6 is 0 Å². The molecule has 0 bridgehead atoms. The first-order valence-corrected chi connectivity index (χ1v) is 14.8. The number of aromatic nitrogens is 1. The van der Waals surface area contributed by atoms with Crippen LogP contribution in [0.4, 0.5) is 28.4 Å². The molecule has 0 saturated carbocycles. The molecule has 1 heterocycles. The monoisotopic (exact) mass is 682 g/mol. The largest absolute Gasteiger partial charge is 1.00 e. The Morgan fingerprint density at radius 2 is 1.37 bits per heavy atom.